The van der Waals surface area contributed by atoms with Gasteiger partial charge in [-0.15, -0.1) is 0 Å². The summed E-state index contributed by atoms with van der Waals surface area (Å²) in [6.07, 6.45) is 0.831. The standard InChI is InChI=1S/C13H25N3O2/c1-8(2)6-10(7-14)13-15-12(16-18-13)11(17-5)9(3)4/h8-11H,6-7,14H2,1-5H3. The van der Waals surface area contributed by atoms with Gasteiger partial charge in [-0.25, -0.2) is 0 Å². The molecule has 0 radical (unpaired) electrons. The van der Waals surface area contributed by atoms with E-state index in [0.717, 1.165) is 6.42 Å². The monoisotopic (exact) mass is 255 g/mol. The Bertz CT molecular complexity index is 350. The van der Waals surface area contributed by atoms with E-state index in [-0.39, 0.29) is 12.0 Å². The van der Waals surface area contributed by atoms with Gasteiger partial charge >= 0.3 is 0 Å². The predicted octanol–water partition coefficient (Wildman–Crippen LogP) is 2.50. The summed E-state index contributed by atoms with van der Waals surface area (Å²) in [6.45, 7) is 8.98. The van der Waals surface area contributed by atoms with Gasteiger partial charge in [-0.05, 0) is 18.3 Å². The molecule has 2 N–H and O–H groups in total. The lowest BCUT2D eigenvalue weighted by atomic mass is 9.97. The largest absolute Gasteiger partial charge is 0.373 e. The Morgan fingerprint density at radius 3 is 2.39 bits per heavy atom. The molecule has 0 saturated heterocycles. The molecule has 5 nitrogen and oxygen atoms in total. The lowest BCUT2D eigenvalue weighted by Gasteiger charge is -2.15. The number of methoxy groups -OCH3 is 1. The number of hydrogen-bond donors (Lipinski definition) is 1. The molecule has 1 heterocycles. The molecular formula is C13H25N3O2. The minimum Gasteiger partial charge on any atom is -0.373 e. The van der Waals surface area contributed by atoms with Crippen molar-refractivity contribution < 1.29 is 9.26 Å². The van der Waals surface area contributed by atoms with E-state index < -0.39 is 0 Å². The van der Waals surface area contributed by atoms with E-state index in [2.05, 4.69) is 37.8 Å². The first kappa shape index (κ1) is 15.1. The van der Waals surface area contributed by atoms with Crippen molar-refractivity contribution in [2.24, 2.45) is 17.6 Å². The van der Waals surface area contributed by atoms with Crippen LogP contribution in [0.4, 0.5) is 0 Å². The SMILES string of the molecule is COC(c1noc(C(CN)CC(C)C)n1)C(C)C. The van der Waals surface area contributed by atoms with Crippen LogP contribution in [0.5, 0.6) is 0 Å². The quantitative estimate of drug-likeness (QED) is 0.810. The summed E-state index contributed by atoms with van der Waals surface area (Å²) < 4.78 is 10.7. The first-order chi connectivity index (χ1) is 8.49. The van der Waals surface area contributed by atoms with Crippen molar-refractivity contribution in [1.82, 2.24) is 10.1 Å². The normalized spacial score (nSPS) is 15.3. The summed E-state index contributed by atoms with van der Waals surface area (Å²) in [5.74, 6) is 2.24. The topological polar surface area (TPSA) is 74.2 Å². The van der Waals surface area contributed by atoms with Crippen LogP contribution in [0, 0.1) is 11.8 Å². The van der Waals surface area contributed by atoms with Gasteiger partial charge in [0.25, 0.3) is 0 Å². The molecule has 1 rings (SSSR count). The summed E-state index contributed by atoms with van der Waals surface area (Å²) in [4.78, 5) is 4.44. The van der Waals surface area contributed by atoms with Gasteiger partial charge in [0, 0.05) is 13.7 Å². The maximum absolute atomic E-state index is 5.77. The minimum atomic E-state index is -0.125. The van der Waals surface area contributed by atoms with E-state index in [0.29, 0.717) is 30.1 Å². The molecule has 0 amide bonds. The van der Waals surface area contributed by atoms with E-state index in [1.54, 1.807) is 7.11 Å². The second-order valence-corrected chi connectivity index (χ2v) is 5.45. The van der Waals surface area contributed by atoms with Crippen LogP contribution >= 0.6 is 0 Å². The molecule has 0 aliphatic carbocycles. The van der Waals surface area contributed by atoms with Gasteiger partial charge in [0.05, 0.1) is 5.92 Å². The number of nitrogens with two attached hydrogens (primary N) is 1. The van der Waals surface area contributed by atoms with E-state index in [9.17, 15) is 0 Å². The van der Waals surface area contributed by atoms with Crippen molar-refractivity contribution >= 4 is 0 Å². The molecule has 0 aliphatic heterocycles. The van der Waals surface area contributed by atoms with E-state index in [1.165, 1.54) is 0 Å². The molecule has 0 bridgehead atoms. The van der Waals surface area contributed by atoms with Gasteiger partial charge in [-0.2, -0.15) is 4.98 Å². The number of ether oxygens (including phenoxy) is 1. The Morgan fingerprint density at radius 1 is 1.28 bits per heavy atom. The fraction of sp³-hybridized carbons (Fsp3) is 0.846. The molecule has 18 heavy (non-hydrogen) atoms. The Kier molecular flexibility index (Phi) is 5.75. The molecule has 2 unspecified atom stereocenters. The summed E-state index contributed by atoms with van der Waals surface area (Å²) in [5.41, 5.74) is 5.77. The van der Waals surface area contributed by atoms with Gasteiger partial charge in [0.1, 0.15) is 6.10 Å². The van der Waals surface area contributed by atoms with Crippen LogP contribution in [-0.2, 0) is 4.74 Å². The lowest BCUT2D eigenvalue weighted by Crippen LogP contribution is -2.16. The van der Waals surface area contributed by atoms with Crippen molar-refractivity contribution in [1.29, 1.82) is 0 Å². The van der Waals surface area contributed by atoms with Crippen LogP contribution in [0.15, 0.2) is 4.52 Å². The van der Waals surface area contributed by atoms with Crippen molar-refractivity contribution in [3.8, 4) is 0 Å². The third-order valence-corrected chi connectivity index (χ3v) is 2.96. The van der Waals surface area contributed by atoms with Gasteiger partial charge in [-0.3, -0.25) is 0 Å². The zero-order valence-electron chi connectivity index (χ0n) is 12.0. The highest BCUT2D eigenvalue weighted by Crippen LogP contribution is 2.26. The Morgan fingerprint density at radius 2 is 1.94 bits per heavy atom. The highest BCUT2D eigenvalue weighted by Gasteiger charge is 2.24. The number of rotatable bonds is 7. The van der Waals surface area contributed by atoms with Crippen LogP contribution in [0.1, 0.15) is 57.9 Å². The third kappa shape index (κ3) is 3.78. The molecule has 0 saturated carbocycles. The minimum absolute atomic E-state index is 0.125. The van der Waals surface area contributed by atoms with E-state index in [1.807, 2.05) is 0 Å². The molecule has 104 valence electrons. The number of nitrogens with zero attached hydrogens (tertiary/aromatic N) is 2. The molecule has 0 aromatic carbocycles. The highest BCUT2D eigenvalue weighted by molar-refractivity contribution is 4.98. The van der Waals surface area contributed by atoms with Gasteiger partial charge in [0.2, 0.25) is 11.7 Å². The molecule has 2 atom stereocenters. The second-order valence-electron chi connectivity index (χ2n) is 5.45. The molecule has 0 spiro atoms. The molecule has 0 aliphatic rings. The van der Waals surface area contributed by atoms with Gasteiger partial charge < -0.3 is 15.0 Å². The first-order valence-corrected chi connectivity index (χ1v) is 6.55. The predicted molar refractivity (Wildman–Crippen MR) is 70.1 cm³/mol. The fourth-order valence-corrected chi connectivity index (χ4v) is 2.07. The average Bonchev–Trinajstić information content (AvgIpc) is 2.75. The van der Waals surface area contributed by atoms with Crippen LogP contribution in [0.25, 0.3) is 0 Å². The molecule has 1 aromatic heterocycles. The number of hydrogen-bond acceptors (Lipinski definition) is 5. The Labute approximate surface area is 109 Å². The zero-order valence-corrected chi connectivity index (χ0v) is 12.0. The summed E-state index contributed by atoms with van der Waals surface area (Å²) >= 11 is 0. The molecular weight excluding hydrogens is 230 g/mol. The van der Waals surface area contributed by atoms with Crippen molar-refractivity contribution in [3.05, 3.63) is 11.7 Å². The van der Waals surface area contributed by atoms with Gasteiger partial charge in [0.15, 0.2) is 0 Å². The van der Waals surface area contributed by atoms with Crippen LogP contribution in [0.3, 0.4) is 0 Å². The van der Waals surface area contributed by atoms with Crippen LogP contribution < -0.4 is 5.73 Å². The second kappa shape index (κ2) is 6.85. The van der Waals surface area contributed by atoms with Crippen molar-refractivity contribution in [2.45, 2.75) is 46.1 Å². The third-order valence-electron chi connectivity index (χ3n) is 2.96. The van der Waals surface area contributed by atoms with E-state index >= 15 is 0 Å². The Balaban J connectivity index is 2.83. The van der Waals surface area contributed by atoms with Crippen LogP contribution in [-0.4, -0.2) is 23.8 Å². The summed E-state index contributed by atoms with van der Waals surface area (Å²) in [5, 5.41) is 4.02. The van der Waals surface area contributed by atoms with Gasteiger partial charge in [-0.1, -0.05) is 32.9 Å². The van der Waals surface area contributed by atoms with Crippen molar-refractivity contribution in [3.63, 3.8) is 0 Å². The fourth-order valence-electron chi connectivity index (χ4n) is 2.07. The molecule has 0 fully saturated rings. The summed E-state index contributed by atoms with van der Waals surface area (Å²) in [6, 6.07) is 0. The highest BCUT2D eigenvalue weighted by atomic mass is 16.5. The van der Waals surface area contributed by atoms with Crippen molar-refractivity contribution in [2.75, 3.05) is 13.7 Å². The zero-order chi connectivity index (χ0) is 13.7. The molecule has 5 heteroatoms. The van der Waals surface area contributed by atoms with Crippen LogP contribution in [0.2, 0.25) is 0 Å². The maximum atomic E-state index is 5.77. The first-order valence-electron chi connectivity index (χ1n) is 6.55. The summed E-state index contributed by atoms with van der Waals surface area (Å²) in [7, 11) is 1.66. The number of aromatic nitrogens is 2. The Hall–Kier alpha value is -0.940. The maximum Gasteiger partial charge on any atom is 0.231 e. The smallest absolute Gasteiger partial charge is 0.231 e. The lowest BCUT2D eigenvalue weighted by molar-refractivity contribution is 0.0555. The van der Waals surface area contributed by atoms with E-state index in [4.69, 9.17) is 15.0 Å². The molecule has 1 aromatic rings. The average molecular weight is 255 g/mol.